The second-order valence-electron chi connectivity index (χ2n) is 7.41. The second-order valence-corrected chi connectivity index (χ2v) is 10.0. The fourth-order valence-corrected chi connectivity index (χ4v) is 6.22. The number of nitrogens with zero attached hydrogens (tertiary/aromatic N) is 2. The predicted octanol–water partition coefficient (Wildman–Crippen LogP) is 3.56. The Labute approximate surface area is 164 Å². The smallest absolute Gasteiger partial charge is 0.314 e. The topological polar surface area (TPSA) is 57.7 Å². The molecular weight excluding hydrogens is 384 g/mol. The van der Waals surface area contributed by atoms with Gasteiger partial charge >= 0.3 is 6.03 Å². The maximum atomic E-state index is 13.3. The fourth-order valence-electron chi connectivity index (χ4n) is 4.05. The van der Waals surface area contributed by atoms with E-state index >= 15 is 0 Å². The minimum atomic E-state index is -3.19. The third kappa shape index (κ3) is 3.32. The van der Waals surface area contributed by atoms with Gasteiger partial charge in [0.2, 0.25) is 0 Å². The molecule has 2 saturated heterocycles. The molecule has 0 bridgehead atoms. The molecule has 7 heteroatoms. The molecule has 2 aromatic carbocycles. The summed E-state index contributed by atoms with van der Waals surface area (Å²) in [4.78, 5) is 16.7. The van der Waals surface area contributed by atoms with Gasteiger partial charge in [-0.25, -0.2) is 13.2 Å². The third-order valence-corrected chi connectivity index (χ3v) is 7.28. The molecule has 0 spiro atoms. The fraction of sp³-hybridized carbons (Fsp3) is 0.350. The van der Waals surface area contributed by atoms with Crippen molar-refractivity contribution in [2.75, 3.05) is 16.4 Å². The Hall–Kier alpha value is -2.05. The van der Waals surface area contributed by atoms with Crippen LogP contribution in [0.1, 0.15) is 16.7 Å². The lowest BCUT2D eigenvalue weighted by Gasteiger charge is -2.24. The lowest BCUT2D eigenvalue weighted by molar-refractivity contribution is 0.206. The van der Waals surface area contributed by atoms with Crippen molar-refractivity contribution in [3.8, 4) is 0 Å². The van der Waals surface area contributed by atoms with Crippen molar-refractivity contribution in [3.05, 3.63) is 64.2 Å². The van der Waals surface area contributed by atoms with E-state index < -0.39 is 9.84 Å². The van der Waals surface area contributed by atoms with Crippen molar-refractivity contribution >= 4 is 33.2 Å². The molecule has 27 heavy (non-hydrogen) atoms. The van der Waals surface area contributed by atoms with Crippen LogP contribution in [0.5, 0.6) is 0 Å². The van der Waals surface area contributed by atoms with Crippen LogP contribution < -0.4 is 4.90 Å². The summed E-state index contributed by atoms with van der Waals surface area (Å²) in [5.74, 6) is 0.00811. The van der Waals surface area contributed by atoms with Crippen LogP contribution in [-0.2, 0) is 16.4 Å². The molecule has 0 aromatic heterocycles. The standard InChI is InChI=1S/C20H21ClN2O3S/c1-13-6-7-14(2)17(8-13)23-19-12-27(25,26)11-18(19)22(20(23)24)10-15-4-3-5-16(21)9-15/h3-9,18-19H,10-12H2,1-2H3. The third-order valence-electron chi connectivity index (χ3n) is 5.34. The highest BCUT2D eigenvalue weighted by molar-refractivity contribution is 7.91. The van der Waals surface area contributed by atoms with Gasteiger partial charge in [-0.15, -0.1) is 0 Å². The molecule has 0 N–H and O–H groups in total. The number of anilines is 1. The number of carbonyl (C=O) groups is 1. The number of hydrogen-bond acceptors (Lipinski definition) is 3. The first-order chi connectivity index (χ1) is 12.7. The number of sulfone groups is 1. The van der Waals surface area contributed by atoms with Gasteiger partial charge in [-0.1, -0.05) is 35.9 Å². The van der Waals surface area contributed by atoms with Crippen LogP contribution in [0, 0.1) is 13.8 Å². The number of urea groups is 1. The Morgan fingerprint density at radius 1 is 1.07 bits per heavy atom. The number of aryl methyl sites for hydroxylation is 2. The lowest BCUT2D eigenvalue weighted by Crippen LogP contribution is -2.38. The molecule has 2 unspecified atom stereocenters. The number of benzene rings is 2. The van der Waals surface area contributed by atoms with Crippen LogP contribution >= 0.6 is 11.6 Å². The lowest BCUT2D eigenvalue weighted by atomic mass is 10.1. The van der Waals surface area contributed by atoms with Crippen LogP contribution in [-0.4, -0.2) is 42.9 Å². The zero-order valence-electron chi connectivity index (χ0n) is 15.2. The van der Waals surface area contributed by atoms with Gasteiger partial charge in [-0.3, -0.25) is 4.90 Å². The number of fused-ring (bicyclic) bond motifs is 1. The Balaban J connectivity index is 1.75. The van der Waals surface area contributed by atoms with Crippen LogP contribution in [0.4, 0.5) is 10.5 Å². The van der Waals surface area contributed by atoms with Crippen molar-refractivity contribution in [1.29, 1.82) is 0 Å². The Bertz CT molecular complexity index is 1020. The summed E-state index contributed by atoms with van der Waals surface area (Å²) >= 11 is 6.08. The Morgan fingerprint density at radius 3 is 2.56 bits per heavy atom. The SMILES string of the molecule is Cc1ccc(C)c(N2C(=O)N(Cc3cccc(Cl)c3)C3CS(=O)(=O)CC32)c1. The number of halogens is 1. The molecule has 0 saturated carbocycles. The summed E-state index contributed by atoms with van der Waals surface area (Å²) in [7, 11) is -3.19. The van der Waals surface area contributed by atoms with Gasteiger partial charge in [0.05, 0.1) is 23.6 Å². The number of hydrogen-bond donors (Lipinski definition) is 0. The zero-order chi connectivity index (χ0) is 19.3. The van der Waals surface area contributed by atoms with Crippen molar-refractivity contribution in [2.24, 2.45) is 0 Å². The molecule has 2 aliphatic rings. The predicted molar refractivity (Wildman–Crippen MR) is 107 cm³/mol. The first-order valence-corrected chi connectivity index (χ1v) is 11.1. The summed E-state index contributed by atoms with van der Waals surface area (Å²) in [6, 6.07) is 12.4. The van der Waals surface area contributed by atoms with Crippen LogP contribution in [0.2, 0.25) is 5.02 Å². The van der Waals surface area contributed by atoms with Crippen LogP contribution in [0.25, 0.3) is 0 Å². The molecular formula is C20H21ClN2O3S. The summed E-state index contributed by atoms with van der Waals surface area (Å²) in [6.45, 7) is 4.26. The minimum Gasteiger partial charge on any atom is -0.314 e. The van der Waals surface area contributed by atoms with Crippen molar-refractivity contribution in [3.63, 3.8) is 0 Å². The van der Waals surface area contributed by atoms with E-state index in [-0.39, 0.29) is 29.6 Å². The Kier molecular flexibility index (Phi) is 4.43. The maximum absolute atomic E-state index is 13.3. The molecule has 2 heterocycles. The van der Waals surface area contributed by atoms with Gasteiger partial charge in [0.15, 0.2) is 9.84 Å². The molecule has 142 valence electrons. The number of carbonyl (C=O) groups excluding carboxylic acids is 1. The average molecular weight is 405 g/mol. The molecule has 2 aliphatic heterocycles. The highest BCUT2D eigenvalue weighted by atomic mass is 35.5. The van der Waals surface area contributed by atoms with Crippen molar-refractivity contribution in [2.45, 2.75) is 32.5 Å². The molecule has 0 radical (unpaired) electrons. The van der Waals surface area contributed by atoms with E-state index in [1.807, 2.05) is 50.2 Å². The maximum Gasteiger partial charge on any atom is 0.325 e. The van der Waals surface area contributed by atoms with Gasteiger partial charge in [0.25, 0.3) is 0 Å². The molecule has 2 aromatic rings. The average Bonchev–Trinajstić information content (AvgIpc) is 3.01. The summed E-state index contributed by atoms with van der Waals surface area (Å²) in [6.07, 6.45) is 0. The van der Waals surface area contributed by atoms with Gasteiger partial charge in [0.1, 0.15) is 0 Å². The van der Waals surface area contributed by atoms with E-state index in [2.05, 4.69) is 0 Å². The highest BCUT2D eigenvalue weighted by Crippen LogP contribution is 2.37. The van der Waals surface area contributed by atoms with E-state index in [0.29, 0.717) is 11.6 Å². The number of rotatable bonds is 3. The van der Waals surface area contributed by atoms with Crippen LogP contribution in [0.3, 0.4) is 0 Å². The van der Waals surface area contributed by atoms with Gasteiger partial charge < -0.3 is 4.90 Å². The molecule has 2 atom stereocenters. The van der Waals surface area contributed by atoms with Gasteiger partial charge in [0, 0.05) is 17.3 Å². The normalized spacial score (nSPS) is 23.7. The molecule has 0 aliphatic carbocycles. The molecule has 2 amide bonds. The van der Waals surface area contributed by atoms with Crippen molar-refractivity contribution in [1.82, 2.24) is 4.90 Å². The largest absolute Gasteiger partial charge is 0.325 e. The summed E-state index contributed by atoms with van der Waals surface area (Å²) in [5.41, 5.74) is 3.68. The van der Waals surface area contributed by atoms with E-state index in [1.165, 1.54) is 0 Å². The molecule has 5 nitrogen and oxygen atoms in total. The monoisotopic (exact) mass is 404 g/mol. The van der Waals surface area contributed by atoms with E-state index in [1.54, 1.807) is 15.9 Å². The molecule has 4 rings (SSSR count). The summed E-state index contributed by atoms with van der Waals surface area (Å²) in [5, 5.41) is 0.598. The second kappa shape index (κ2) is 6.53. The quantitative estimate of drug-likeness (QED) is 0.735. The highest BCUT2D eigenvalue weighted by Gasteiger charge is 2.54. The molecule has 2 fully saturated rings. The van der Waals surface area contributed by atoms with Gasteiger partial charge in [-0.05, 0) is 48.7 Å². The first-order valence-electron chi connectivity index (χ1n) is 8.87. The van der Waals surface area contributed by atoms with E-state index in [4.69, 9.17) is 11.6 Å². The van der Waals surface area contributed by atoms with E-state index in [0.717, 1.165) is 22.4 Å². The van der Waals surface area contributed by atoms with E-state index in [9.17, 15) is 13.2 Å². The van der Waals surface area contributed by atoms with Crippen LogP contribution in [0.15, 0.2) is 42.5 Å². The minimum absolute atomic E-state index is 0.00281. The van der Waals surface area contributed by atoms with Gasteiger partial charge in [-0.2, -0.15) is 0 Å². The number of amides is 2. The first kappa shape index (κ1) is 18.3. The Morgan fingerprint density at radius 2 is 1.81 bits per heavy atom. The summed E-state index contributed by atoms with van der Waals surface area (Å²) < 4.78 is 24.7. The zero-order valence-corrected chi connectivity index (χ0v) is 16.8. The van der Waals surface area contributed by atoms with Crippen molar-refractivity contribution < 1.29 is 13.2 Å².